The van der Waals surface area contributed by atoms with Gasteiger partial charge in [-0.25, -0.2) is 0 Å². The molecule has 0 saturated heterocycles. The molecule has 0 saturated carbocycles. The zero-order valence-corrected chi connectivity index (χ0v) is 7.49. The first-order valence-electron chi connectivity index (χ1n) is 3.53. The zero-order chi connectivity index (χ0) is 8.04. The normalized spacial score (nSPS) is 12.3. The lowest BCUT2D eigenvalue weighted by Crippen LogP contribution is -2.08. The van der Waals surface area contributed by atoms with Crippen molar-refractivity contribution in [2.24, 2.45) is 0 Å². The van der Waals surface area contributed by atoms with Gasteiger partial charge in [0.15, 0.2) is 0 Å². The van der Waals surface area contributed by atoms with Crippen LogP contribution in [0.25, 0.3) is 0 Å². The van der Waals surface area contributed by atoms with Crippen molar-refractivity contribution in [1.82, 2.24) is 0 Å². The molecule has 0 aromatic heterocycles. The van der Waals surface area contributed by atoms with Crippen molar-refractivity contribution < 1.29 is 0 Å². The summed E-state index contributed by atoms with van der Waals surface area (Å²) in [5.74, 6) is 0. The van der Waals surface area contributed by atoms with E-state index >= 15 is 0 Å². The minimum absolute atomic E-state index is 0.0640. The van der Waals surface area contributed by atoms with Gasteiger partial charge >= 0.3 is 0 Å². The van der Waals surface area contributed by atoms with Crippen LogP contribution in [0.3, 0.4) is 0 Å². The molecule has 0 spiro atoms. The predicted molar refractivity (Wildman–Crippen MR) is 48.5 cm³/mol. The zero-order valence-electron chi connectivity index (χ0n) is 6.73. The second-order valence-electron chi connectivity index (χ2n) is 2.92. The predicted octanol–water partition coefficient (Wildman–Crippen LogP) is 3.53. The summed E-state index contributed by atoms with van der Waals surface area (Å²) in [5.41, 5.74) is 0. The van der Waals surface area contributed by atoms with Gasteiger partial charge in [0, 0.05) is 4.87 Å². The van der Waals surface area contributed by atoms with E-state index in [0.29, 0.717) is 0 Å². The van der Waals surface area contributed by atoms with E-state index < -0.39 is 0 Å². The summed E-state index contributed by atoms with van der Waals surface area (Å²) in [6.45, 7) is 7.62. The van der Waals surface area contributed by atoms with Crippen molar-refractivity contribution in [1.29, 1.82) is 0 Å². The summed E-state index contributed by atoms with van der Waals surface area (Å²) in [7, 11) is 0. The van der Waals surface area contributed by atoms with Crippen LogP contribution in [-0.4, -0.2) is 4.87 Å². The fourth-order valence-corrected chi connectivity index (χ4v) is 0.728. The highest BCUT2D eigenvalue weighted by Crippen LogP contribution is 2.19. The maximum Gasteiger partial charge on any atom is 0.0393 e. The van der Waals surface area contributed by atoms with Crippen molar-refractivity contribution in [2.75, 3.05) is 0 Å². The molecular formula is C9H15Cl. The fraction of sp³-hybridized carbons (Fsp3) is 0.556. The summed E-state index contributed by atoms with van der Waals surface area (Å²) < 4.78 is 0. The Balaban J connectivity index is 3.37. The standard InChI is InChI=1S/C9H15Cl/c1-4-5-6-7-8-9(2,3)10/h4-6H,1,7-8H2,2-3H3/b6-5+. The highest BCUT2D eigenvalue weighted by Gasteiger charge is 2.10. The highest BCUT2D eigenvalue weighted by atomic mass is 35.5. The van der Waals surface area contributed by atoms with Gasteiger partial charge < -0.3 is 0 Å². The maximum absolute atomic E-state index is 5.95. The van der Waals surface area contributed by atoms with Gasteiger partial charge in [-0.15, -0.1) is 11.6 Å². The minimum atomic E-state index is -0.0640. The number of rotatable bonds is 4. The van der Waals surface area contributed by atoms with Gasteiger partial charge in [-0.2, -0.15) is 0 Å². The van der Waals surface area contributed by atoms with Crippen LogP contribution in [-0.2, 0) is 0 Å². The van der Waals surface area contributed by atoms with Gasteiger partial charge in [-0.3, -0.25) is 0 Å². The molecule has 0 heterocycles. The smallest absolute Gasteiger partial charge is 0.0393 e. The van der Waals surface area contributed by atoms with E-state index in [1.165, 1.54) is 0 Å². The molecule has 0 aromatic rings. The molecule has 0 radical (unpaired) electrons. The molecule has 0 aliphatic carbocycles. The van der Waals surface area contributed by atoms with Crippen molar-refractivity contribution >= 4 is 11.6 Å². The number of halogens is 1. The Labute approximate surface area is 68.6 Å². The van der Waals surface area contributed by atoms with Crippen LogP contribution < -0.4 is 0 Å². The van der Waals surface area contributed by atoms with Crippen LogP contribution in [0.4, 0.5) is 0 Å². The number of allylic oxidation sites excluding steroid dienone is 3. The van der Waals surface area contributed by atoms with Gasteiger partial charge in [0.25, 0.3) is 0 Å². The van der Waals surface area contributed by atoms with E-state index in [9.17, 15) is 0 Å². The van der Waals surface area contributed by atoms with Crippen LogP contribution in [0, 0.1) is 0 Å². The Morgan fingerprint density at radius 3 is 2.50 bits per heavy atom. The van der Waals surface area contributed by atoms with Gasteiger partial charge in [0.2, 0.25) is 0 Å². The molecule has 0 aromatic carbocycles. The SMILES string of the molecule is C=C/C=C/CCC(C)(C)Cl. The summed E-state index contributed by atoms with van der Waals surface area (Å²) in [6.07, 6.45) is 7.85. The second-order valence-corrected chi connectivity index (χ2v) is 3.94. The van der Waals surface area contributed by atoms with Crippen molar-refractivity contribution in [2.45, 2.75) is 31.6 Å². The number of alkyl halides is 1. The third kappa shape index (κ3) is 7.77. The van der Waals surface area contributed by atoms with Crippen LogP contribution in [0.2, 0.25) is 0 Å². The van der Waals surface area contributed by atoms with Crippen LogP contribution in [0.5, 0.6) is 0 Å². The Bertz CT molecular complexity index is 117. The first-order valence-corrected chi connectivity index (χ1v) is 3.90. The average Bonchev–Trinajstić information content (AvgIpc) is 1.78. The topological polar surface area (TPSA) is 0 Å². The summed E-state index contributed by atoms with van der Waals surface area (Å²) in [4.78, 5) is -0.0640. The minimum Gasteiger partial charge on any atom is -0.120 e. The van der Waals surface area contributed by atoms with Crippen molar-refractivity contribution in [3.05, 3.63) is 24.8 Å². The molecule has 0 unspecified atom stereocenters. The molecule has 0 bridgehead atoms. The first-order chi connectivity index (χ1) is 4.56. The molecule has 0 N–H and O–H groups in total. The van der Waals surface area contributed by atoms with E-state index in [1.54, 1.807) is 6.08 Å². The average molecular weight is 159 g/mol. The molecule has 10 heavy (non-hydrogen) atoms. The van der Waals surface area contributed by atoms with E-state index in [1.807, 2.05) is 19.9 Å². The molecule has 0 rings (SSSR count). The van der Waals surface area contributed by atoms with E-state index in [2.05, 4.69) is 12.7 Å². The molecule has 1 heteroatoms. The van der Waals surface area contributed by atoms with Crippen LogP contribution in [0.1, 0.15) is 26.7 Å². The molecule has 0 aliphatic rings. The number of hydrogen-bond donors (Lipinski definition) is 0. The van der Waals surface area contributed by atoms with Crippen molar-refractivity contribution in [3.63, 3.8) is 0 Å². The molecule has 0 fully saturated rings. The second kappa shape index (κ2) is 4.56. The first kappa shape index (κ1) is 9.77. The Morgan fingerprint density at radius 2 is 2.10 bits per heavy atom. The van der Waals surface area contributed by atoms with Gasteiger partial charge in [0.1, 0.15) is 0 Å². The van der Waals surface area contributed by atoms with Crippen LogP contribution >= 0.6 is 11.6 Å². The lowest BCUT2D eigenvalue weighted by molar-refractivity contribution is 0.636. The molecule has 0 atom stereocenters. The van der Waals surface area contributed by atoms with Gasteiger partial charge in [-0.1, -0.05) is 24.8 Å². The molecule has 0 amide bonds. The molecule has 0 aliphatic heterocycles. The largest absolute Gasteiger partial charge is 0.120 e. The monoisotopic (exact) mass is 158 g/mol. The van der Waals surface area contributed by atoms with Crippen LogP contribution in [0.15, 0.2) is 24.8 Å². The Morgan fingerprint density at radius 1 is 1.50 bits per heavy atom. The summed E-state index contributed by atoms with van der Waals surface area (Å²) >= 11 is 5.95. The fourth-order valence-electron chi connectivity index (χ4n) is 0.619. The van der Waals surface area contributed by atoms with Gasteiger partial charge in [-0.05, 0) is 26.7 Å². The quantitative estimate of drug-likeness (QED) is 0.434. The molecule has 58 valence electrons. The lowest BCUT2D eigenvalue weighted by atomic mass is 10.1. The van der Waals surface area contributed by atoms with E-state index in [-0.39, 0.29) is 4.87 Å². The molecule has 0 nitrogen and oxygen atoms in total. The highest BCUT2D eigenvalue weighted by molar-refractivity contribution is 6.23. The van der Waals surface area contributed by atoms with E-state index in [0.717, 1.165) is 12.8 Å². The Hall–Kier alpha value is -0.230. The summed E-state index contributed by atoms with van der Waals surface area (Å²) in [5, 5.41) is 0. The van der Waals surface area contributed by atoms with Gasteiger partial charge in [0.05, 0.1) is 0 Å². The third-order valence-corrected chi connectivity index (χ3v) is 1.37. The lowest BCUT2D eigenvalue weighted by Gasteiger charge is -2.12. The van der Waals surface area contributed by atoms with E-state index in [4.69, 9.17) is 11.6 Å². The molecular weight excluding hydrogens is 144 g/mol. The summed E-state index contributed by atoms with van der Waals surface area (Å²) in [6, 6.07) is 0. The van der Waals surface area contributed by atoms with Crippen molar-refractivity contribution in [3.8, 4) is 0 Å². The Kier molecular flexibility index (Phi) is 4.46. The maximum atomic E-state index is 5.95. The number of hydrogen-bond acceptors (Lipinski definition) is 0. The third-order valence-electron chi connectivity index (χ3n) is 1.18.